The van der Waals surface area contributed by atoms with Crippen molar-refractivity contribution in [3.8, 4) is 0 Å². The maximum Gasteiger partial charge on any atom is 0.265 e. The zero-order valence-corrected chi connectivity index (χ0v) is 9.27. The van der Waals surface area contributed by atoms with Crippen molar-refractivity contribution in [3.63, 3.8) is 0 Å². The first kappa shape index (κ1) is 10.7. The summed E-state index contributed by atoms with van der Waals surface area (Å²) in [6, 6.07) is 6.72. The van der Waals surface area contributed by atoms with E-state index in [1.54, 1.807) is 24.3 Å². The second kappa shape index (κ2) is 3.29. The second-order valence-corrected chi connectivity index (χ2v) is 4.50. The molecule has 17 heavy (non-hydrogen) atoms. The Balaban J connectivity index is 1.93. The van der Waals surface area contributed by atoms with E-state index in [9.17, 15) is 14.7 Å². The number of amides is 2. The van der Waals surface area contributed by atoms with Gasteiger partial charge < -0.3 is 9.84 Å². The Morgan fingerprint density at radius 3 is 2.47 bits per heavy atom. The van der Waals surface area contributed by atoms with Gasteiger partial charge in [-0.05, 0) is 17.7 Å². The van der Waals surface area contributed by atoms with Crippen molar-refractivity contribution >= 4 is 23.4 Å². The lowest BCUT2D eigenvalue weighted by Crippen LogP contribution is -2.33. The number of aliphatic hydroxyl groups is 1. The van der Waals surface area contributed by atoms with Gasteiger partial charge in [-0.1, -0.05) is 23.7 Å². The highest BCUT2D eigenvalue weighted by Crippen LogP contribution is 2.54. The summed E-state index contributed by atoms with van der Waals surface area (Å²) < 4.78 is 5.26. The first-order valence-corrected chi connectivity index (χ1v) is 5.40. The molecule has 1 aromatic carbocycles. The number of benzene rings is 1. The Morgan fingerprint density at radius 1 is 1.29 bits per heavy atom. The molecule has 1 aromatic rings. The summed E-state index contributed by atoms with van der Waals surface area (Å²) in [7, 11) is 0. The third-order valence-electron chi connectivity index (χ3n) is 3.06. The molecule has 2 aliphatic rings. The molecule has 1 spiro atoms. The van der Waals surface area contributed by atoms with Crippen molar-refractivity contribution in [3.05, 3.63) is 34.9 Å². The molecule has 5 nitrogen and oxygen atoms in total. The predicted molar refractivity (Wildman–Crippen MR) is 57.2 cm³/mol. The lowest BCUT2D eigenvalue weighted by Gasteiger charge is -2.04. The van der Waals surface area contributed by atoms with Crippen molar-refractivity contribution in [2.75, 3.05) is 0 Å². The fraction of sp³-hybridized carbons (Fsp3) is 0.273. The number of rotatable bonds is 1. The molecule has 2 saturated heterocycles. The molecular weight excluding hydrogens is 246 g/mol. The molecule has 6 heteroatoms. The fourth-order valence-electron chi connectivity index (χ4n) is 2.09. The van der Waals surface area contributed by atoms with Gasteiger partial charge in [0, 0.05) is 5.02 Å². The number of imide groups is 1. The number of carbonyl (C=O) groups excluding carboxylic acids is 2. The van der Waals surface area contributed by atoms with Gasteiger partial charge >= 0.3 is 0 Å². The Morgan fingerprint density at radius 2 is 1.94 bits per heavy atom. The standard InChI is InChI=1S/C11H8ClNO4/c12-6-3-1-5(2-4-6)8-11(17-8)7(14)9(15)13-10(11)16/h1-4,7-8,14H,(H,13,15,16). The lowest BCUT2D eigenvalue weighted by atomic mass is 9.96. The van der Waals surface area contributed by atoms with Crippen LogP contribution in [0.3, 0.4) is 0 Å². The zero-order valence-electron chi connectivity index (χ0n) is 8.51. The number of aliphatic hydroxyl groups excluding tert-OH is 1. The van der Waals surface area contributed by atoms with E-state index in [-0.39, 0.29) is 0 Å². The molecule has 0 aliphatic carbocycles. The molecule has 2 fully saturated rings. The first-order valence-electron chi connectivity index (χ1n) is 5.02. The molecule has 88 valence electrons. The van der Waals surface area contributed by atoms with Crippen LogP contribution in [-0.4, -0.2) is 28.6 Å². The van der Waals surface area contributed by atoms with E-state index < -0.39 is 29.6 Å². The largest absolute Gasteiger partial charge is 0.380 e. The lowest BCUT2D eigenvalue weighted by molar-refractivity contribution is -0.127. The molecular formula is C11H8ClNO4. The third-order valence-corrected chi connectivity index (χ3v) is 3.32. The van der Waals surface area contributed by atoms with Crippen molar-refractivity contribution in [1.29, 1.82) is 0 Å². The van der Waals surface area contributed by atoms with Crippen LogP contribution in [0.1, 0.15) is 11.7 Å². The number of epoxide rings is 1. The van der Waals surface area contributed by atoms with Crippen molar-refractivity contribution in [1.82, 2.24) is 5.32 Å². The smallest absolute Gasteiger partial charge is 0.265 e. The third kappa shape index (κ3) is 1.33. The molecule has 0 saturated carbocycles. The predicted octanol–water partition coefficient (Wildman–Crippen LogP) is 0.167. The van der Waals surface area contributed by atoms with Gasteiger partial charge in [-0.3, -0.25) is 14.9 Å². The Hall–Kier alpha value is -1.43. The average molecular weight is 254 g/mol. The van der Waals surface area contributed by atoms with Gasteiger partial charge in [0.05, 0.1) is 0 Å². The number of hydrogen-bond donors (Lipinski definition) is 2. The second-order valence-electron chi connectivity index (χ2n) is 4.06. The van der Waals surface area contributed by atoms with Crippen molar-refractivity contribution in [2.45, 2.75) is 17.8 Å². The Labute approximate surface area is 101 Å². The van der Waals surface area contributed by atoms with Crippen LogP contribution in [0, 0.1) is 0 Å². The molecule has 2 aliphatic heterocycles. The summed E-state index contributed by atoms with van der Waals surface area (Å²) in [6.07, 6.45) is -2.04. The maximum absolute atomic E-state index is 11.6. The van der Waals surface area contributed by atoms with Gasteiger partial charge in [0.25, 0.3) is 11.8 Å². The minimum atomic E-state index is -1.45. The Bertz CT molecular complexity index is 515. The highest BCUT2D eigenvalue weighted by atomic mass is 35.5. The summed E-state index contributed by atoms with van der Waals surface area (Å²) >= 11 is 5.74. The van der Waals surface area contributed by atoms with Crippen LogP contribution >= 0.6 is 11.6 Å². The molecule has 3 atom stereocenters. The van der Waals surface area contributed by atoms with Gasteiger partial charge in [0.2, 0.25) is 5.60 Å². The summed E-state index contributed by atoms with van der Waals surface area (Å²) in [4.78, 5) is 22.8. The monoisotopic (exact) mass is 253 g/mol. The minimum absolute atomic E-state index is 0.566. The van der Waals surface area contributed by atoms with Gasteiger partial charge in [-0.2, -0.15) is 0 Å². The van der Waals surface area contributed by atoms with E-state index in [0.717, 1.165) is 0 Å². The molecule has 2 N–H and O–H groups in total. The van der Waals surface area contributed by atoms with Gasteiger partial charge in [0.15, 0.2) is 6.10 Å². The average Bonchev–Trinajstić information content (AvgIpc) is 3.01. The molecule has 3 rings (SSSR count). The van der Waals surface area contributed by atoms with E-state index in [0.29, 0.717) is 10.6 Å². The van der Waals surface area contributed by atoms with E-state index in [4.69, 9.17) is 16.3 Å². The van der Waals surface area contributed by atoms with Crippen LogP contribution in [0.4, 0.5) is 0 Å². The number of hydrogen-bond acceptors (Lipinski definition) is 4. The quantitative estimate of drug-likeness (QED) is 0.552. The van der Waals surface area contributed by atoms with E-state index in [2.05, 4.69) is 5.32 Å². The van der Waals surface area contributed by atoms with Crippen molar-refractivity contribution < 1.29 is 19.4 Å². The van der Waals surface area contributed by atoms with Gasteiger partial charge in [-0.25, -0.2) is 0 Å². The van der Waals surface area contributed by atoms with Crippen LogP contribution in [0.5, 0.6) is 0 Å². The number of nitrogens with one attached hydrogen (secondary N) is 1. The molecule has 0 bridgehead atoms. The van der Waals surface area contributed by atoms with E-state index in [1.165, 1.54) is 0 Å². The summed E-state index contributed by atoms with van der Waals surface area (Å²) in [6.45, 7) is 0. The molecule has 3 unspecified atom stereocenters. The van der Waals surface area contributed by atoms with E-state index >= 15 is 0 Å². The molecule has 0 aromatic heterocycles. The first-order chi connectivity index (χ1) is 8.05. The summed E-state index contributed by atoms with van der Waals surface area (Å²) in [5.74, 6) is -1.30. The highest BCUT2D eigenvalue weighted by molar-refractivity contribution is 6.30. The normalized spacial score (nSPS) is 35.2. The van der Waals surface area contributed by atoms with Crippen LogP contribution in [0.15, 0.2) is 24.3 Å². The minimum Gasteiger partial charge on any atom is -0.380 e. The zero-order chi connectivity index (χ0) is 12.2. The number of halogens is 1. The van der Waals surface area contributed by atoms with Crippen LogP contribution in [0.25, 0.3) is 0 Å². The fourth-order valence-corrected chi connectivity index (χ4v) is 2.22. The van der Waals surface area contributed by atoms with Gasteiger partial charge in [-0.15, -0.1) is 0 Å². The summed E-state index contributed by atoms with van der Waals surface area (Å²) in [5.41, 5.74) is -0.733. The SMILES string of the molecule is O=C1NC(=O)C2(OC2c2ccc(Cl)cc2)C1O. The molecule has 0 radical (unpaired) electrons. The Kier molecular flexibility index (Phi) is 2.07. The van der Waals surface area contributed by atoms with E-state index in [1.807, 2.05) is 0 Å². The number of ether oxygens (including phenoxy) is 1. The highest BCUT2D eigenvalue weighted by Gasteiger charge is 2.73. The maximum atomic E-state index is 11.6. The topological polar surface area (TPSA) is 78.9 Å². The molecule has 2 amide bonds. The number of carbonyl (C=O) groups is 2. The molecule has 2 heterocycles. The van der Waals surface area contributed by atoms with Crippen LogP contribution in [0.2, 0.25) is 5.02 Å². The van der Waals surface area contributed by atoms with Crippen LogP contribution in [-0.2, 0) is 14.3 Å². The van der Waals surface area contributed by atoms with Crippen molar-refractivity contribution in [2.24, 2.45) is 0 Å². The summed E-state index contributed by atoms with van der Waals surface area (Å²) in [5, 5.41) is 12.3. The van der Waals surface area contributed by atoms with Gasteiger partial charge in [0.1, 0.15) is 6.10 Å². The van der Waals surface area contributed by atoms with Crippen LogP contribution < -0.4 is 5.32 Å².